The van der Waals surface area contributed by atoms with Crippen molar-refractivity contribution >= 4 is 39.0 Å². The average Bonchev–Trinajstić information content (AvgIpc) is 3.01. The lowest BCUT2D eigenvalue weighted by Gasteiger charge is -2.25. The van der Waals surface area contributed by atoms with Gasteiger partial charge in [-0.05, 0) is 79.7 Å². The number of carbonyl (C=O) groups is 2. The van der Waals surface area contributed by atoms with E-state index in [2.05, 4.69) is 10.6 Å². The summed E-state index contributed by atoms with van der Waals surface area (Å²) in [6.07, 6.45) is -0.997. The molecule has 2 amide bonds. The minimum absolute atomic E-state index is 0.153. The second-order valence-corrected chi connectivity index (χ2v) is 15.3. The lowest BCUT2D eigenvalue weighted by atomic mass is 9.93. The van der Waals surface area contributed by atoms with Crippen LogP contribution in [0.4, 0.5) is 15.3 Å². The molecule has 0 aromatic heterocycles. The summed E-state index contributed by atoms with van der Waals surface area (Å²) in [6, 6.07) is 17.3. The minimum Gasteiger partial charge on any atom is -0.744 e. The number of hydrogen-bond donors (Lipinski definition) is 2. The predicted octanol–water partition coefficient (Wildman–Crippen LogP) is 5.78. The number of fused-ring (bicyclic) bond motifs is 2. The summed E-state index contributed by atoms with van der Waals surface area (Å²) in [5.74, 6) is 0.468. The van der Waals surface area contributed by atoms with Crippen molar-refractivity contribution in [2.45, 2.75) is 71.4 Å². The molecule has 2 N–H and O–H groups in total. The maximum Gasteiger partial charge on any atom is 0.407 e. The van der Waals surface area contributed by atoms with Gasteiger partial charge in [-0.1, -0.05) is 18.2 Å². The third-order valence-electron chi connectivity index (χ3n) is 7.75. The number of nitrogens with one attached hydrogen (secondary N) is 2. The Bertz CT molecular complexity index is 1990. The fraction of sp³-hybridized carbons (Fsp3) is 0.432. The van der Waals surface area contributed by atoms with Gasteiger partial charge in [-0.25, -0.2) is 22.6 Å². The monoisotopic (exact) mass is 708 g/mol. The highest BCUT2D eigenvalue weighted by Gasteiger charge is 2.23. The normalized spacial score (nSPS) is 12.8. The Morgan fingerprint density at radius 2 is 1.50 bits per heavy atom. The van der Waals surface area contributed by atoms with Gasteiger partial charge in [0.25, 0.3) is 0 Å². The van der Waals surface area contributed by atoms with E-state index in [-0.39, 0.29) is 23.7 Å². The second kappa shape index (κ2) is 15.5. The summed E-state index contributed by atoms with van der Waals surface area (Å²) < 4.78 is 56.7. The van der Waals surface area contributed by atoms with E-state index in [4.69, 9.17) is 13.9 Å². The fourth-order valence-electron chi connectivity index (χ4n) is 5.56. The van der Waals surface area contributed by atoms with E-state index in [1.807, 2.05) is 101 Å². The number of rotatable bonds is 11. The number of hydrogen-bond acceptors (Lipinski definition) is 9. The highest BCUT2D eigenvalue weighted by atomic mass is 32.2. The predicted molar refractivity (Wildman–Crippen MR) is 193 cm³/mol. The summed E-state index contributed by atoms with van der Waals surface area (Å²) in [7, 11) is -4.82. The van der Waals surface area contributed by atoms with Crippen molar-refractivity contribution in [3.05, 3.63) is 66.0 Å². The van der Waals surface area contributed by atoms with Gasteiger partial charge in [0.2, 0.25) is 5.36 Å². The maximum absolute atomic E-state index is 12.4. The van der Waals surface area contributed by atoms with Crippen LogP contribution in [0.25, 0.3) is 33.4 Å². The van der Waals surface area contributed by atoms with Crippen molar-refractivity contribution in [1.82, 2.24) is 15.2 Å². The van der Waals surface area contributed by atoms with Crippen LogP contribution in [0.1, 0.15) is 55.4 Å². The first-order valence-electron chi connectivity index (χ1n) is 16.7. The Labute approximate surface area is 294 Å². The van der Waals surface area contributed by atoms with Crippen LogP contribution in [0.15, 0.2) is 70.0 Å². The van der Waals surface area contributed by atoms with Crippen LogP contribution < -0.4 is 25.5 Å². The van der Waals surface area contributed by atoms with Crippen molar-refractivity contribution in [3.63, 3.8) is 0 Å². The first kappa shape index (κ1) is 38.2. The molecule has 0 unspecified atom stereocenters. The van der Waals surface area contributed by atoms with Crippen LogP contribution in [-0.4, -0.2) is 75.6 Å². The van der Waals surface area contributed by atoms with Crippen molar-refractivity contribution in [2.75, 3.05) is 44.3 Å². The lowest BCUT2D eigenvalue weighted by molar-refractivity contribution is 0.136. The Balaban J connectivity index is 1.81. The van der Waals surface area contributed by atoms with Gasteiger partial charge in [0.1, 0.15) is 34.6 Å². The average molecular weight is 709 g/mol. The van der Waals surface area contributed by atoms with E-state index in [9.17, 15) is 22.6 Å². The molecule has 0 bridgehead atoms. The van der Waals surface area contributed by atoms with Crippen LogP contribution in [0.2, 0.25) is 0 Å². The molecule has 0 fully saturated rings. The smallest absolute Gasteiger partial charge is 0.407 e. The van der Waals surface area contributed by atoms with Gasteiger partial charge in [0.05, 0.1) is 17.5 Å². The third-order valence-corrected chi connectivity index (χ3v) is 8.65. The molecule has 270 valence electrons. The van der Waals surface area contributed by atoms with Crippen molar-refractivity contribution in [1.29, 1.82) is 0 Å². The second-order valence-electron chi connectivity index (χ2n) is 14.0. The molecule has 12 nitrogen and oxygen atoms in total. The molecule has 0 saturated heterocycles. The standard InChI is InChI=1S/C37H48N4O8S/c1-9-40(19-21-47-34(42)38-36(3,4)5)25-15-17-27-30(23-25)49-31-24-26(41(10-2)20-22-48-35(43)39-37(6,7)8)16-18-28(31)33(27)29-13-11-12-14-32(29)50(44,45)46/h11-18,23-24H,9-10,19-22H2,1-8H3,(H2-,38,39,42,43,44,45,46). The molecule has 50 heavy (non-hydrogen) atoms. The summed E-state index contributed by atoms with van der Waals surface area (Å²) >= 11 is 0. The van der Waals surface area contributed by atoms with E-state index in [1.165, 1.54) is 12.1 Å². The first-order chi connectivity index (χ1) is 23.4. The fourth-order valence-corrected chi connectivity index (χ4v) is 6.25. The maximum atomic E-state index is 12.4. The molecule has 13 heteroatoms. The van der Waals surface area contributed by atoms with E-state index in [1.54, 1.807) is 12.1 Å². The van der Waals surface area contributed by atoms with Gasteiger partial charge in [-0.2, -0.15) is 0 Å². The van der Waals surface area contributed by atoms with Crippen LogP contribution in [-0.2, 0) is 19.6 Å². The molecule has 0 spiro atoms. The number of nitrogens with zero attached hydrogens (tertiary/aromatic N) is 2. The zero-order valence-corrected chi connectivity index (χ0v) is 30.9. The molecular formula is C37H48N4O8S. The van der Waals surface area contributed by atoms with Crippen molar-refractivity contribution in [3.8, 4) is 22.5 Å². The number of carbonyl (C=O) groups excluding carboxylic acids is 2. The lowest BCUT2D eigenvalue weighted by Crippen LogP contribution is -2.42. The minimum atomic E-state index is -4.82. The topological polar surface area (TPSA) is 153 Å². The van der Waals surface area contributed by atoms with E-state index >= 15 is 0 Å². The van der Waals surface area contributed by atoms with Gasteiger partial charge >= 0.3 is 12.2 Å². The van der Waals surface area contributed by atoms with Crippen molar-refractivity contribution in [2.24, 2.45) is 0 Å². The highest BCUT2D eigenvalue weighted by molar-refractivity contribution is 7.85. The van der Waals surface area contributed by atoms with Gasteiger partial charge in [0, 0.05) is 57.5 Å². The van der Waals surface area contributed by atoms with Crippen LogP contribution in [0.3, 0.4) is 0 Å². The molecule has 1 aliphatic carbocycles. The molecule has 4 rings (SSSR count). The Kier molecular flexibility index (Phi) is 11.8. The molecule has 1 heterocycles. The number of amides is 2. The first-order valence-corrected chi connectivity index (χ1v) is 18.1. The highest BCUT2D eigenvalue weighted by Crippen LogP contribution is 2.42. The molecule has 0 radical (unpaired) electrons. The zero-order valence-electron chi connectivity index (χ0n) is 30.1. The summed E-state index contributed by atoms with van der Waals surface area (Å²) in [6.45, 7) is 17.6. The Morgan fingerprint density at radius 3 is 2.10 bits per heavy atom. The Morgan fingerprint density at radius 1 is 0.860 bits per heavy atom. The van der Waals surface area contributed by atoms with Crippen molar-refractivity contribution < 1.29 is 36.5 Å². The third kappa shape index (κ3) is 9.97. The molecule has 0 saturated carbocycles. The summed E-state index contributed by atoms with van der Waals surface area (Å²) in [5, 5.41) is 6.98. The van der Waals surface area contributed by atoms with Gasteiger partial charge in [0.15, 0.2) is 13.2 Å². The van der Waals surface area contributed by atoms with Crippen LogP contribution >= 0.6 is 0 Å². The molecule has 1 aliphatic heterocycles. The van der Waals surface area contributed by atoms with Crippen LogP contribution in [0.5, 0.6) is 0 Å². The molecule has 2 aromatic rings. The molecular weight excluding hydrogens is 660 g/mol. The van der Waals surface area contributed by atoms with E-state index in [0.29, 0.717) is 54.0 Å². The van der Waals surface area contributed by atoms with Gasteiger partial charge in [-0.3, -0.25) is 0 Å². The molecule has 2 aromatic carbocycles. The Hall–Kier alpha value is -4.62. The van der Waals surface area contributed by atoms with Crippen LogP contribution in [0, 0.1) is 0 Å². The summed E-state index contributed by atoms with van der Waals surface area (Å²) in [5.41, 5.74) is 1.86. The largest absolute Gasteiger partial charge is 0.744 e. The van der Waals surface area contributed by atoms with Gasteiger partial charge in [-0.15, -0.1) is 0 Å². The van der Waals surface area contributed by atoms with E-state index in [0.717, 1.165) is 11.0 Å². The molecule has 0 atom stereocenters. The number of likely N-dealkylation sites (N-methyl/N-ethyl adjacent to an activating group) is 2. The van der Waals surface area contributed by atoms with Gasteiger partial charge < -0.3 is 34.0 Å². The van der Waals surface area contributed by atoms with E-state index < -0.39 is 33.4 Å². The summed E-state index contributed by atoms with van der Waals surface area (Å²) in [4.78, 5) is 26.1. The number of alkyl carbamates (subject to hydrolysis) is 2. The SMILES string of the molecule is CCN(CCOC(=O)NC(C)(C)C)c1ccc2c(-c3ccccc3S(=O)(=O)[O-])c3cc/c(=[N+](/CC)CCOC(=O)NC(C)(C)C)cc-3oc2c1. The quantitative estimate of drug-likeness (QED) is 0.112. The number of anilines is 1. The molecule has 2 aliphatic rings. The zero-order chi connectivity index (χ0) is 36.9. The number of ether oxygens (including phenoxy) is 2. The number of benzene rings is 3.